The monoisotopic (exact) mass is 452 g/mol. The fourth-order valence-electron chi connectivity index (χ4n) is 3.39. The Kier molecular flexibility index (Phi) is 6.48. The van der Waals surface area contributed by atoms with Crippen LogP contribution in [0.2, 0.25) is 0 Å². The molecule has 2 fully saturated rings. The number of hydrogen-bond donors (Lipinski definition) is 0. The molecule has 0 saturated carbocycles. The number of non-ortho nitro benzene ring substituents is 1. The number of nitro groups is 1. The van der Waals surface area contributed by atoms with Gasteiger partial charge in [-0.1, -0.05) is 0 Å². The first kappa shape index (κ1) is 22.5. The average Bonchev–Trinajstić information content (AvgIpc) is 3.02. The van der Waals surface area contributed by atoms with Crippen LogP contribution in [0.4, 0.5) is 5.69 Å². The number of rotatable bonds is 8. The van der Waals surface area contributed by atoms with Gasteiger partial charge in [-0.2, -0.15) is 0 Å². The van der Waals surface area contributed by atoms with E-state index < -0.39 is 44.9 Å². The Morgan fingerprint density at radius 2 is 1.71 bits per heavy atom. The fourth-order valence-corrected chi connectivity index (χ4v) is 5.05. The Balaban J connectivity index is 1.87. The second kappa shape index (κ2) is 8.92. The molecule has 0 N–H and O–H groups in total. The zero-order chi connectivity index (χ0) is 22.8. The maximum absolute atomic E-state index is 13.0. The molecule has 0 spiro atoms. The van der Waals surface area contributed by atoms with E-state index in [0.717, 1.165) is 16.7 Å². The van der Waals surface area contributed by atoms with E-state index in [-0.39, 0.29) is 31.9 Å². The van der Waals surface area contributed by atoms with Crippen LogP contribution >= 0.6 is 11.8 Å². The minimum absolute atomic E-state index is 0.0380. The number of thioether (sulfide) groups is 1. The van der Waals surface area contributed by atoms with E-state index >= 15 is 0 Å². The quantitative estimate of drug-likeness (QED) is 0.141. The maximum Gasteiger partial charge on any atom is 0.336 e. The Bertz CT molecular complexity index is 899. The van der Waals surface area contributed by atoms with Gasteiger partial charge in [0.05, 0.1) is 29.9 Å². The number of nitro benzene ring substituents is 1. The Hall–Kier alpha value is -3.15. The molecule has 1 amide bonds. The summed E-state index contributed by atoms with van der Waals surface area (Å²) in [7, 11) is 0. The number of benzene rings is 1. The van der Waals surface area contributed by atoms with E-state index in [1.54, 1.807) is 13.8 Å². The number of esters is 3. The number of amides is 1. The first-order chi connectivity index (χ1) is 14.8. The van der Waals surface area contributed by atoms with Crippen molar-refractivity contribution in [2.75, 3.05) is 13.2 Å². The first-order valence-corrected chi connectivity index (χ1v) is 10.4. The van der Waals surface area contributed by atoms with Crippen LogP contribution in [0.5, 0.6) is 0 Å². The van der Waals surface area contributed by atoms with Crippen LogP contribution in [0, 0.1) is 10.1 Å². The summed E-state index contributed by atoms with van der Waals surface area (Å²) >= 11 is 0.851. The zero-order valence-corrected chi connectivity index (χ0v) is 17.6. The van der Waals surface area contributed by atoms with Crippen molar-refractivity contribution in [3.63, 3.8) is 0 Å². The third-order valence-electron chi connectivity index (χ3n) is 4.84. The van der Waals surface area contributed by atoms with E-state index in [4.69, 9.17) is 14.2 Å². The van der Waals surface area contributed by atoms with E-state index in [1.165, 1.54) is 24.3 Å². The first-order valence-electron chi connectivity index (χ1n) is 9.49. The summed E-state index contributed by atoms with van der Waals surface area (Å²) in [6, 6.07) is 3.79. The lowest BCUT2D eigenvalue weighted by molar-refractivity contribution is -0.384. The molecule has 12 heteroatoms. The molecule has 2 aliphatic rings. The number of ether oxygens (including phenoxy) is 3. The van der Waals surface area contributed by atoms with Crippen LogP contribution in [0.3, 0.4) is 0 Å². The topological polar surface area (TPSA) is 142 Å². The molecule has 1 aromatic carbocycles. The number of hydrogen-bond acceptors (Lipinski definition) is 10. The number of fused-ring (bicyclic) bond motifs is 1. The average molecular weight is 452 g/mol. The van der Waals surface area contributed by atoms with Crippen molar-refractivity contribution in [3.8, 4) is 0 Å². The molecule has 3 rings (SSSR count). The molecule has 0 unspecified atom stereocenters. The summed E-state index contributed by atoms with van der Waals surface area (Å²) in [6.45, 7) is 2.76. The molecule has 2 aliphatic heterocycles. The summed E-state index contributed by atoms with van der Waals surface area (Å²) in [5, 5.41) is 10.2. The van der Waals surface area contributed by atoms with Gasteiger partial charge < -0.3 is 19.1 Å². The third-order valence-corrected chi connectivity index (χ3v) is 6.44. The van der Waals surface area contributed by atoms with Crippen molar-refractivity contribution in [1.29, 1.82) is 0 Å². The highest BCUT2D eigenvalue weighted by Gasteiger charge is 2.72. The maximum atomic E-state index is 13.0. The summed E-state index contributed by atoms with van der Waals surface area (Å²) in [4.78, 5) is 62.2. The Morgan fingerprint density at radius 3 is 2.19 bits per heavy atom. The second-order valence-electron chi connectivity index (χ2n) is 6.69. The van der Waals surface area contributed by atoms with Crippen LogP contribution in [-0.4, -0.2) is 63.0 Å². The predicted octanol–water partition coefficient (Wildman–Crippen LogP) is 1.18. The molecule has 31 heavy (non-hydrogen) atoms. The minimum Gasteiger partial charge on any atom is -0.464 e. The lowest BCUT2D eigenvalue weighted by atomic mass is 9.94. The molecular formula is C19H20N2O9S. The van der Waals surface area contributed by atoms with Crippen LogP contribution in [-0.2, 0) is 40.0 Å². The van der Waals surface area contributed by atoms with E-state index in [0.29, 0.717) is 5.56 Å². The molecule has 0 aliphatic carbocycles. The highest BCUT2D eigenvalue weighted by molar-refractivity contribution is 8.03. The normalized spacial score (nSPS) is 21.0. The highest BCUT2D eigenvalue weighted by Crippen LogP contribution is 2.52. The van der Waals surface area contributed by atoms with Crippen LogP contribution < -0.4 is 0 Å². The molecule has 2 atom stereocenters. The molecule has 1 aromatic rings. The third kappa shape index (κ3) is 3.94. The standard InChI is InChI=1S/C19H20N2O9S/c1-3-28-17(24)19(18(25)29-4-2)15(20-13(22)9-14(20)31-19)16(23)30-10-11-5-7-12(8-6-11)21(26)27/h5-8,14-15H,3-4,9-10H2,1-2H3/t14-,15+/m0/s1. The minimum atomic E-state index is -2.09. The largest absolute Gasteiger partial charge is 0.464 e. The van der Waals surface area contributed by atoms with Crippen LogP contribution in [0.15, 0.2) is 24.3 Å². The molecule has 2 heterocycles. The number of carbonyl (C=O) groups excluding carboxylic acids is 4. The van der Waals surface area contributed by atoms with Gasteiger partial charge in [-0.25, -0.2) is 14.4 Å². The summed E-state index contributed by atoms with van der Waals surface area (Å²) in [6.07, 6.45) is 0.0668. The van der Waals surface area contributed by atoms with Crippen molar-refractivity contribution in [3.05, 3.63) is 39.9 Å². The zero-order valence-electron chi connectivity index (χ0n) is 16.8. The lowest BCUT2D eigenvalue weighted by Gasteiger charge is -2.37. The molecule has 0 aromatic heterocycles. The van der Waals surface area contributed by atoms with Gasteiger partial charge in [0.15, 0.2) is 6.04 Å². The van der Waals surface area contributed by atoms with Crippen molar-refractivity contribution >= 4 is 41.3 Å². The van der Waals surface area contributed by atoms with E-state index in [2.05, 4.69) is 0 Å². The smallest absolute Gasteiger partial charge is 0.336 e. The van der Waals surface area contributed by atoms with Gasteiger partial charge in [-0.05, 0) is 31.5 Å². The van der Waals surface area contributed by atoms with Gasteiger partial charge >= 0.3 is 17.9 Å². The molecule has 2 saturated heterocycles. The van der Waals surface area contributed by atoms with Crippen molar-refractivity contribution in [2.24, 2.45) is 0 Å². The second-order valence-corrected chi connectivity index (χ2v) is 8.11. The van der Waals surface area contributed by atoms with Crippen LogP contribution in [0.25, 0.3) is 0 Å². The van der Waals surface area contributed by atoms with Crippen molar-refractivity contribution in [2.45, 2.75) is 43.0 Å². The summed E-state index contributed by atoms with van der Waals surface area (Å²) in [5.74, 6) is -3.32. The fraction of sp³-hybridized carbons (Fsp3) is 0.474. The predicted molar refractivity (Wildman–Crippen MR) is 106 cm³/mol. The number of nitrogens with zero attached hydrogens (tertiary/aromatic N) is 2. The van der Waals surface area contributed by atoms with Gasteiger partial charge in [0, 0.05) is 12.1 Å². The number of β-lactam (4-membered cyclic amide) rings is 1. The molecule has 166 valence electrons. The van der Waals surface area contributed by atoms with Gasteiger partial charge in [-0.15, -0.1) is 11.8 Å². The van der Waals surface area contributed by atoms with Gasteiger partial charge in [0.2, 0.25) is 10.7 Å². The van der Waals surface area contributed by atoms with Gasteiger partial charge in [0.1, 0.15) is 6.61 Å². The van der Waals surface area contributed by atoms with Crippen molar-refractivity contribution < 1.29 is 38.3 Å². The highest BCUT2D eigenvalue weighted by atomic mass is 32.2. The van der Waals surface area contributed by atoms with E-state index in [9.17, 15) is 29.3 Å². The lowest BCUT2D eigenvalue weighted by Crippen LogP contribution is -2.63. The molecular weight excluding hydrogens is 432 g/mol. The summed E-state index contributed by atoms with van der Waals surface area (Å²) < 4.78 is 13.3. The Morgan fingerprint density at radius 1 is 1.13 bits per heavy atom. The summed E-state index contributed by atoms with van der Waals surface area (Å²) in [5.41, 5.74) is 0.328. The molecule has 0 radical (unpaired) electrons. The molecule has 0 bridgehead atoms. The van der Waals surface area contributed by atoms with Gasteiger partial charge in [-0.3, -0.25) is 14.9 Å². The van der Waals surface area contributed by atoms with Gasteiger partial charge in [0.25, 0.3) is 5.69 Å². The Labute approximate surface area is 181 Å². The SMILES string of the molecule is CCOC(=O)C1(C(=O)OCC)S[C@H]2CC(=O)N2[C@@H]1C(=O)OCc1ccc([N+](=O)[O-])cc1. The van der Waals surface area contributed by atoms with Crippen LogP contribution in [0.1, 0.15) is 25.8 Å². The van der Waals surface area contributed by atoms with E-state index in [1.807, 2.05) is 0 Å². The van der Waals surface area contributed by atoms with Crippen molar-refractivity contribution in [1.82, 2.24) is 4.90 Å². The number of carbonyl (C=O) groups is 4. The molecule has 11 nitrogen and oxygen atoms in total.